The highest BCUT2D eigenvalue weighted by Crippen LogP contribution is 2.52. The lowest BCUT2D eigenvalue weighted by Gasteiger charge is -2.48. The minimum atomic E-state index is 0.862. The maximum atomic E-state index is 2.41. The van der Waals surface area contributed by atoms with Crippen molar-refractivity contribution in [2.75, 3.05) is 0 Å². The maximum absolute atomic E-state index is 2.41. The van der Waals surface area contributed by atoms with Crippen molar-refractivity contribution in [1.29, 1.82) is 0 Å². The number of fused-ring (bicyclic) bond motifs is 1. The van der Waals surface area contributed by atoms with Crippen molar-refractivity contribution >= 4 is 0 Å². The van der Waals surface area contributed by atoms with Gasteiger partial charge in [-0.25, -0.2) is 0 Å². The van der Waals surface area contributed by atoms with Gasteiger partial charge in [-0.15, -0.1) is 0 Å². The molecule has 5 atom stereocenters. The summed E-state index contributed by atoms with van der Waals surface area (Å²) in [7, 11) is 0. The van der Waals surface area contributed by atoms with Gasteiger partial charge in [0.05, 0.1) is 0 Å². The molecule has 1 aromatic carbocycles. The third kappa shape index (κ3) is 2.86. The zero-order valence-electron chi connectivity index (χ0n) is 14.1. The summed E-state index contributed by atoms with van der Waals surface area (Å²) in [5, 5.41) is 0. The van der Waals surface area contributed by atoms with Crippen LogP contribution in [0.15, 0.2) is 30.3 Å². The topological polar surface area (TPSA) is 0 Å². The third-order valence-corrected chi connectivity index (χ3v) is 7.23. The molecule has 0 saturated heterocycles. The van der Waals surface area contributed by atoms with Crippen molar-refractivity contribution in [2.45, 2.75) is 76.5 Å². The minimum Gasteiger partial charge on any atom is -0.0622 e. The van der Waals surface area contributed by atoms with Crippen molar-refractivity contribution in [3.63, 3.8) is 0 Å². The van der Waals surface area contributed by atoms with Gasteiger partial charge >= 0.3 is 0 Å². The van der Waals surface area contributed by atoms with E-state index in [0.29, 0.717) is 0 Å². The second kappa shape index (κ2) is 6.77. The maximum Gasteiger partial charge on any atom is -0.0131 e. The van der Waals surface area contributed by atoms with Gasteiger partial charge < -0.3 is 0 Å². The van der Waals surface area contributed by atoms with E-state index in [1.165, 1.54) is 51.4 Å². The van der Waals surface area contributed by atoms with Crippen LogP contribution in [0.25, 0.3) is 0 Å². The molecule has 0 amide bonds. The van der Waals surface area contributed by atoms with Gasteiger partial charge in [-0.3, -0.25) is 0 Å². The van der Waals surface area contributed by atoms with Crippen LogP contribution in [0.1, 0.15) is 82.1 Å². The molecule has 3 aliphatic carbocycles. The Bertz CT molecular complexity index is 460. The number of hydrogen-bond donors (Lipinski definition) is 0. The van der Waals surface area contributed by atoms with Crippen molar-refractivity contribution in [3.8, 4) is 0 Å². The SMILES string of the molecule is c1ccc(C2CCCCC2[C@H]2CCC[C@H]3CCCCC32)cc1. The standard InChI is InChI=1S/C22H32/c1-2-9-17(10-3-1)19-14-6-7-15-21(19)22-16-8-12-18-11-4-5-13-20(18)22/h1-3,9-10,18-22H,4-8,11-16H2/t18-,19?,20?,21?,22+/m1/s1. The first-order valence-corrected chi connectivity index (χ1v) is 9.98. The quantitative estimate of drug-likeness (QED) is 0.579. The average Bonchev–Trinajstić information content (AvgIpc) is 2.62. The van der Waals surface area contributed by atoms with Crippen LogP contribution in [0.3, 0.4) is 0 Å². The lowest BCUT2D eigenvalue weighted by Crippen LogP contribution is -2.38. The van der Waals surface area contributed by atoms with Crippen molar-refractivity contribution in [1.82, 2.24) is 0 Å². The molecule has 4 rings (SSSR count). The first-order chi connectivity index (χ1) is 10.9. The Kier molecular flexibility index (Phi) is 4.55. The van der Waals surface area contributed by atoms with Gasteiger partial charge in [-0.2, -0.15) is 0 Å². The fraction of sp³-hybridized carbons (Fsp3) is 0.727. The molecule has 3 aliphatic rings. The number of benzene rings is 1. The molecule has 0 bridgehead atoms. The summed E-state index contributed by atoms with van der Waals surface area (Å²) in [6.07, 6.45) is 16.6. The van der Waals surface area contributed by atoms with Gasteiger partial charge in [0.15, 0.2) is 0 Å². The van der Waals surface area contributed by atoms with Gasteiger partial charge in [0.1, 0.15) is 0 Å². The molecule has 22 heavy (non-hydrogen) atoms. The minimum absolute atomic E-state index is 0.862. The largest absolute Gasteiger partial charge is 0.0622 e. The van der Waals surface area contributed by atoms with Crippen LogP contribution in [0.2, 0.25) is 0 Å². The van der Waals surface area contributed by atoms with Crippen LogP contribution < -0.4 is 0 Å². The predicted molar refractivity (Wildman–Crippen MR) is 93.9 cm³/mol. The molecule has 0 aliphatic heterocycles. The normalized spacial score (nSPS) is 39.2. The fourth-order valence-electron chi connectivity index (χ4n) is 6.31. The van der Waals surface area contributed by atoms with E-state index in [1.807, 2.05) is 0 Å². The average molecular weight is 296 g/mol. The van der Waals surface area contributed by atoms with Crippen LogP contribution in [0.4, 0.5) is 0 Å². The zero-order valence-corrected chi connectivity index (χ0v) is 14.1. The summed E-state index contributed by atoms with van der Waals surface area (Å²) < 4.78 is 0. The summed E-state index contributed by atoms with van der Waals surface area (Å²) in [5.74, 6) is 5.06. The van der Waals surface area contributed by atoms with E-state index in [9.17, 15) is 0 Å². The summed E-state index contributed by atoms with van der Waals surface area (Å²) in [4.78, 5) is 0. The molecule has 0 nitrogen and oxygen atoms in total. The van der Waals surface area contributed by atoms with Crippen molar-refractivity contribution in [2.24, 2.45) is 23.7 Å². The Labute approximate surface area is 136 Å². The van der Waals surface area contributed by atoms with Gasteiger partial charge in [-0.05, 0) is 60.8 Å². The highest BCUT2D eigenvalue weighted by atomic mass is 14.5. The molecule has 0 heterocycles. The Morgan fingerprint density at radius 2 is 1.18 bits per heavy atom. The monoisotopic (exact) mass is 296 g/mol. The van der Waals surface area contributed by atoms with Gasteiger partial charge in [0.2, 0.25) is 0 Å². The molecule has 120 valence electrons. The number of hydrogen-bond acceptors (Lipinski definition) is 0. The van der Waals surface area contributed by atoms with Crippen LogP contribution in [0.5, 0.6) is 0 Å². The molecule has 0 N–H and O–H groups in total. The third-order valence-electron chi connectivity index (χ3n) is 7.23. The molecule has 3 fully saturated rings. The Morgan fingerprint density at radius 3 is 2.05 bits per heavy atom. The van der Waals surface area contributed by atoms with E-state index in [4.69, 9.17) is 0 Å². The van der Waals surface area contributed by atoms with E-state index >= 15 is 0 Å². The molecule has 3 unspecified atom stereocenters. The first kappa shape index (κ1) is 14.8. The summed E-state index contributed by atoms with van der Waals surface area (Å²) >= 11 is 0. The first-order valence-electron chi connectivity index (χ1n) is 9.98. The molecule has 0 aromatic heterocycles. The molecule has 3 saturated carbocycles. The van der Waals surface area contributed by atoms with Gasteiger partial charge in [0.25, 0.3) is 0 Å². The van der Waals surface area contributed by atoms with E-state index in [-0.39, 0.29) is 0 Å². The molecular weight excluding hydrogens is 264 g/mol. The van der Waals surface area contributed by atoms with Crippen LogP contribution in [0, 0.1) is 23.7 Å². The van der Waals surface area contributed by atoms with Gasteiger partial charge in [-0.1, -0.05) is 75.3 Å². The second-order valence-corrected chi connectivity index (χ2v) is 8.27. The lowest BCUT2D eigenvalue weighted by molar-refractivity contribution is 0.0407. The number of rotatable bonds is 2. The van der Waals surface area contributed by atoms with Crippen molar-refractivity contribution in [3.05, 3.63) is 35.9 Å². The summed E-state index contributed by atoms with van der Waals surface area (Å²) in [6.45, 7) is 0. The molecule has 0 spiro atoms. The Hall–Kier alpha value is -0.780. The van der Waals surface area contributed by atoms with E-state index in [1.54, 1.807) is 24.8 Å². The van der Waals surface area contributed by atoms with E-state index in [0.717, 1.165) is 29.6 Å². The highest BCUT2D eigenvalue weighted by Gasteiger charge is 2.42. The van der Waals surface area contributed by atoms with Gasteiger partial charge in [0, 0.05) is 0 Å². The van der Waals surface area contributed by atoms with Crippen LogP contribution in [-0.2, 0) is 0 Å². The zero-order chi connectivity index (χ0) is 14.8. The smallest absolute Gasteiger partial charge is 0.0131 e. The fourth-order valence-corrected chi connectivity index (χ4v) is 6.31. The van der Waals surface area contributed by atoms with E-state index < -0.39 is 0 Å². The van der Waals surface area contributed by atoms with Crippen molar-refractivity contribution < 1.29 is 0 Å². The molecule has 0 radical (unpaired) electrons. The lowest BCUT2D eigenvalue weighted by atomic mass is 9.57. The molecule has 1 aromatic rings. The second-order valence-electron chi connectivity index (χ2n) is 8.27. The summed E-state index contributed by atoms with van der Waals surface area (Å²) in [5.41, 5.74) is 1.64. The highest BCUT2D eigenvalue weighted by molar-refractivity contribution is 5.21. The van der Waals surface area contributed by atoms with E-state index in [2.05, 4.69) is 30.3 Å². The Morgan fingerprint density at radius 1 is 0.545 bits per heavy atom. The van der Waals surface area contributed by atoms with Crippen LogP contribution >= 0.6 is 0 Å². The molecular formula is C22H32. The Balaban J connectivity index is 1.58. The molecule has 0 heteroatoms. The van der Waals surface area contributed by atoms with Crippen LogP contribution in [-0.4, -0.2) is 0 Å². The summed E-state index contributed by atoms with van der Waals surface area (Å²) in [6, 6.07) is 11.5. The predicted octanol–water partition coefficient (Wildman–Crippen LogP) is 6.57.